The van der Waals surface area contributed by atoms with Gasteiger partial charge in [0.15, 0.2) is 5.82 Å². The Hall–Kier alpha value is -1.81. The Morgan fingerprint density at radius 2 is 2.00 bits per heavy atom. The van der Waals surface area contributed by atoms with Crippen molar-refractivity contribution in [2.45, 2.75) is 40.3 Å². The fraction of sp³-hybridized carbons (Fsp3) is 0.400. The highest BCUT2D eigenvalue weighted by Crippen LogP contribution is 2.17. The zero-order valence-corrected chi connectivity index (χ0v) is 11.9. The van der Waals surface area contributed by atoms with Crippen LogP contribution in [0.4, 0.5) is 0 Å². The van der Waals surface area contributed by atoms with Crippen molar-refractivity contribution in [1.82, 2.24) is 20.3 Å². The van der Waals surface area contributed by atoms with Crippen molar-refractivity contribution >= 4 is 0 Å². The van der Waals surface area contributed by atoms with Gasteiger partial charge in [-0.3, -0.25) is 4.98 Å². The van der Waals surface area contributed by atoms with Crippen molar-refractivity contribution in [3.8, 4) is 11.5 Å². The van der Waals surface area contributed by atoms with Gasteiger partial charge < -0.3 is 5.32 Å². The molecule has 100 valence electrons. The van der Waals surface area contributed by atoms with Crippen molar-refractivity contribution in [2.75, 3.05) is 0 Å². The van der Waals surface area contributed by atoms with Crippen molar-refractivity contribution < 1.29 is 0 Å². The Kier molecular flexibility index (Phi) is 4.22. The van der Waals surface area contributed by atoms with Crippen LogP contribution in [0.1, 0.15) is 30.8 Å². The standard InChI is InChI=1S/C15H20N4/c1-10(2)17-9-13-8-12(4)18-15(19-13)14-11(3)6-5-7-16-14/h5-8,10,17H,9H2,1-4H3. The molecule has 2 aromatic heterocycles. The first-order chi connectivity index (χ1) is 9.06. The third-order valence-corrected chi connectivity index (χ3v) is 2.82. The number of nitrogens with zero attached hydrogens (tertiary/aromatic N) is 3. The molecule has 4 nitrogen and oxygen atoms in total. The summed E-state index contributed by atoms with van der Waals surface area (Å²) in [6.45, 7) is 9.01. The van der Waals surface area contributed by atoms with E-state index in [9.17, 15) is 0 Å². The fourth-order valence-electron chi connectivity index (χ4n) is 1.86. The highest BCUT2D eigenvalue weighted by atomic mass is 15.0. The first-order valence-corrected chi connectivity index (χ1v) is 6.56. The van der Waals surface area contributed by atoms with Crippen molar-refractivity contribution in [3.63, 3.8) is 0 Å². The monoisotopic (exact) mass is 256 g/mol. The predicted octanol–water partition coefficient (Wildman–Crippen LogP) is 2.65. The van der Waals surface area contributed by atoms with Crippen LogP contribution in [0, 0.1) is 13.8 Å². The van der Waals surface area contributed by atoms with Gasteiger partial charge in [0.25, 0.3) is 0 Å². The maximum atomic E-state index is 4.60. The zero-order valence-electron chi connectivity index (χ0n) is 11.9. The van der Waals surface area contributed by atoms with Crippen LogP contribution >= 0.6 is 0 Å². The number of nitrogens with one attached hydrogen (secondary N) is 1. The minimum atomic E-state index is 0.440. The van der Waals surface area contributed by atoms with Gasteiger partial charge in [0.2, 0.25) is 0 Å². The van der Waals surface area contributed by atoms with Crippen LogP contribution in [0.3, 0.4) is 0 Å². The molecule has 0 aliphatic carbocycles. The van der Waals surface area contributed by atoms with Crippen LogP contribution in [0.15, 0.2) is 24.4 Å². The van der Waals surface area contributed by atoms with Gasteiger partial charge >= 0.3 is 0 Å². The minimum absolute atomic E-state index is 0.440. The lowest BCUT2D eigenvalue weighted by Crippen LogP contribution is -2.22. The van der Waals surface area contributed by atoms with Gasteiger partial charge in [0, 0.05) is 24.5 Å². The summed E-state index contributed by atoms with van der Waals surface area (Å²) < 4.78 is 0. The van der Waals surface area contributed by atoms with Crippen molar-refractivity contribution in [1.29, 1.82) is 0 Å². The van der Waals surface area contributed by atoms with Crippen LogP contribution in [-0.2, 0) is 6.54 Å². The lowest BCUT2D eigenvalue weighted by molar-refractivity contribution is 0.580. The summed E-state index contributed by atoms with van der Waals surface area (Å²) in [5, 5.41) is 3.37. The first-order valence-electron chi connectivity index (χ1n) is 6.56. The molecule has 0 amide bonds. The van der Waals surface area contributed by atoms with E-state index in [1.165, 1.54) is 0 Å². The van der Waals surface area contributed by atoms with Crippen molar-refractivity contribution in [2.24, 2.45) is 0 Å². The van der Waals surface area contributed by atoms with E-state index in [2.05, 4.69) is 34.1 Å². The molecule has 0 aliphatic rings. The molecule has 0 bridgehead atoms. The fourth-order valence-corrected chi connectivity index (χ4v) is 1.86. The molecule has 0 unspecified atom stereocenters. The number of hydrogen-bond donors (Lipinski definition) is 1. The largest absolute Gasteiger partial charge is 0.309 e. The summed E-state index contributed by atoms with van der Waals surface area (Å²) in [4.78, 5) is 13.5. The van der Waals surface area contributed by atoms with E-state index in [-0.39, 0.29) is 0 Å². The summed E-state index contributed by atoms with van der Waals surface area (Å²) >= 11 is 0. The van der Waals surface area contributed by atoms with Crippen LogP contribution in [0.5, 0.6) is 0 Å². The van der Waals surface area contributed by atoms with Crippen LogP contribution < -0.4 is 5.32 Å². The highest BCUT2D eigenvalue weighted by molar-refractivity contribution is 5.54. The summed E-state index contributed by atoms with van der Waals surface area (Å²) in [5.41, 5.74) is 3.92. The van der Waals surface area contributed by atoms with E-state index in [1.807, 2.05) is 32.0 Å². The summed E-state index contributed by atoms with van der Waals surface area (Å²) in [7, 11) is 0. The van der Waals surface area contributed by atoms with E-state index in [0.29, 0.717) is 11.9 Å². The maximum Gasteiger partial charge on any atom is 0.178 e. The Labute approximate surface area is 114 Å². The van der Waals surface area contributed by atoms with E-state index in [4.69, 9.17) is 0 Å². The molecule has 2 heterocycles. The summed E-state index contributed by atoms with van der Waals surface area (Å²) in [5.74, 6) is 0.707. The normalized spacial score (nSPS) is 11.0. The molecule has 0 spiro atoms. The van der Waals surface area contributed by atoms with E-state index in [0.717, 1.165) is 29.2 Å². The van der Waals surface area contributed by atoms with E-state index in [1.54, 1.807) is 6.20 Å². The Morgan fingerprint density at radius 3 is 2.68 bits per heavy atom. The lowest BCUT2D eigenvalue weighted by Gasteiger charge is -2.10. The smallest absolute Gasteiger partial charge is 0.178 e. The molecular weight excluding hydrogens is 236 g/mol. The molecule has 0 atom stereocenters. The molecule has 19 heavy (non-hydrogen) atoms. The Bertz CT molecular complexity index is 564. The topological polar surface area (TPSA) is 50.7 Å². The molecule has 1 N–H and O–H groups in total. The molecule has 0 aromatic carbocycles. The quantitative estimate of drug-likeness (QED) is 0.913. The number of aryl methyl sites for hydroxylation is 2. The van der Waals surface area contributed by atoms with Gasteiger partial charge in [-0.2, -0.15) is 0 Å². The second kappa shape index (κ2) is 5.89. The van der Waals surface area contributed by atoms with Crippen LogP contribution in [0.25, 0.3) is 11.5 Å². The number of rotatable bonds is 4. The molecular formula is C15H20N4. The molecule has 4 heteroatoms. The predicted molar refractivity (Wildman–Crippen MR) is 76.7 cm³/mol. The second-order valence-electron chi connectivity index (χ2n) is 5.03. The SMILES string of the molecule is Cc1cc(CNC(C)C)nc(-c2ncccc2C)n1. The third-order valence-electron chi connectivity index (χ3n) is 2.82. The van der Waals surface area contributed by atoms with Gasteiger partial charge in [0.05, 0.1) is 5.69 Å². The number of hydrogen-bond acceptors (Lipinski definition) is 4. The van der Waals surface area contributed by atoms with E-state index >= 15 is 0 Å². The number of aromatic nitrogens is 3. The van der Waals surface area contributed by atoms with Gasteiger partial charge in [-0.05, 0) is 31.5 Å². The lowest BCUT2D eigenvalue weighted by atomic mass is 10.2. The molecule has 0 saturated heterocycles. The Morgan fingerprint density at radius 1 is 1.21 bits per heavy atom. The number of pyridine rings is 1. The van der Waals surface area contributed by atoms with Crippen LogP contribution in [-0.4, -0.2) is 21.0 Å². The second-order valence-corrected chi connectivity index (χ2v) is 5.03. The zero-order chi connectivity index (χ0) is 13.8. The summed E-state index contributed by atoms with van der Waals surface area (Å²) in [6.07, 6.45) is 1.78. The minimum Gasteiger partial charge on any atom is -0.309 e. The summed E-state index contributed by atoms with van der Waals surface area (Å²) in [6, 6.07) is 6.41. The molecule has 0 saturated carbocycles. The maximum absolute atomic E-state index is 4.60. The highest BCUT2D eigenvalue weighted by Gasteiger charge is 2.08. The molecule has 2 aromatic rings. The van der Waals surface area contributed by atoms with Crippen LogP contribution in [0.2, 0.25) is 0 Å². The average Bonchev–Trinajstić information content (AvgIpc) is 2.36. The van der Waals surface area contributed by atoms with Gasteiger partial charge in [0.1, 0.15) is 5.69 Å². The molecule has 2 rings (SSSR count). The Balaban J connectivity index is 2.34. The average molecular weight is 256 g/mol. The third kappa shape index (κ3) is 3.58. The molecule has 0 radical (unpaired) electrons. The van der Waals surface area contributed by atoms with Gasteiger partial charge in [-0.1, -0.05) is 19.9 Å². The molecule has 0 aliphatic heterocycles. The van der Waals surface area contributed by atoms with Gasteiger partial charge in [-0.15, -0.1) is 0 Å². The van der Waals surface area contributed by atoms with E-state index < -0.39 is 0 Å². The van der Waals surface area contributed by atoms with Gasteiger partial charge in [-0.25, -0.2) is 9.97 Å². The first kappa shape index (κ1) is 13.6. The molecule has 0 fully saturated rings. The van der Waals surface area contributed by atoms with Crippen molar-refractivity contribution in [3.05, 3.63) is 41.3 Å².